The van der Waals surface area contributed by atoms with E-state index < -0.39 is 33.8 Å². The smallest absolute Gasteiger partial charge is 0.412 e. The quantitative estimate of drug-likeness (QED) is 0.196. The number of Topliss-reactive ketones (excluding diaryl/α,β-unsaturated/α-hetero) is 1. The molecule has 6 nitrogen and oxygen atoms in total. The van der Waals surface area contributed by atoms with Gasteiger partial charge in [0.2, 0.25) is 5.91 Å². The molecule has 2 atom stereocenters. The van der Waals surface area contributed by atoms with Crippen molar-refractivity contribution in [3.63, 3.8) is 0 Å². The highest BCUT2D eigenvalue weighted by atomic mass is 35.5. The summed E-state index contributed by atoms with van der Waals surface area (Å²) in [6, 6.07) is 14.9. The minimum absolute atomic E-state index is 0.0597. The van der Waals surface area contributed by atoms with Crippen molar-refractivity contribution in [2.45, 2.75) is 50.0 Å². The van der Waals surface area contributed by atoms with Crippen molar-refractivity contribution in [3.8, 4) is 0 Å². The molecule has 0 radical (unpaired) electrons. The molecular weight excluding hydrogens is 630 g/mol. The minimum atomic E-state index is -1.33. The number of carbonyl (C=O) groups is 3. The van der Waals surface area contributed by atoms with E-state index in [1.807, 2.05) is 6.92 Å². The number of amides is 2. The average Bonchev–Trinajstić information content (AvgIpc) is 3.44. The molecule has 0 bridgehead atoms. The van der Waals surface area contributed by atoms with Crippen LogP contribution in [0.15, 0.2) is 54.6 Å². The van der Waals surface area contributed by atoms with Crippen molar-refractivity contribution in [2.75, 3.05) is 10.6 Å². The van der Waals surface area contributed by atoms with Crippen LogP contribution in [-0.2, 0) is 16.0 Å². The highest BCUT2D eigenvalue weighted by molar-refractivity contribution is 6.53. The fourth-order valence-corrected chi connectivity index (χ4v) is 5.83. The second kappa shape index (κ2) is 12.0. The summed E-state index contributed by atoms with van der Waals surface area (Å²) in [6.45, 7) is 7.18. The lowest BCUT2D eigenvalue weighted by Gasteiger charge is -2.20. The largest absolute Gasteiger partial charge is 0.444 e. The van der Waals surface area contributed by atoms with E-state index in [1.165, 1.54) is 6.07 Å². The van der Waals surface area contributed by atoms with Crippen LogP contribution >= 0.6 is 58.0 Å². The van der Waals surface area contributed by atoms with E-state index in [9.17, 15) is 14.4 Å². The Kier molecular flexibility index (Phi) is 9.22. The van der Waals surface area contributed by atoms with Crippen molar-refractivity contribution in [3.05, 3.63) is 91.9 Å². The van der Waals surface area contributed by atoms with Crippen molar-refractivity contribution >= 4 is 87.2 Å². The number of ketones is 1. The topological polar surface area (TPSA) is 84.5 Å². The summed E-state index contributed by atoms with van der Waals surface area (Å²) in [5.41, 5.74) is 2.80. The molecule has 1 fully saturated rings. The first-order valence-electron chi connectivity index (χ1n) is 12.6. The second-order valence-corrected chi connectivity index (χ2v) is 13.5. The number of halogens is 5. The molecule has 3 aromatic rings. The summed E-state index contributed by atoms with van der Waals surface area (Å²) in [6.07, 6.45) is -0.508. The summed E-state index contributed by atoms with van der Waals surface area (Å²) in [7, 11) is 0. The Bertz CT molecular complexity index is 1530. The molecule has 4 rings (SSSR count). The van der Waals surface area contributed by atoms with Gasteiger partial charge in [0, 0.05) is 29.3 Å². The van der Waals surface area contributed by atoms with Gasteiger partial charge in [0.15, 0.2) is 5.78 Å². The molecule has 1 aliphatic rings. The standard InChI is InChI=1S/C30H27Cl5N2O4/c1-15-11-18(37-28(40)41-29(2,3)4)7-5-16(15)13-24(38)20-14-19(8-10-21(20)31)36-27(39)26-25(30(26,34)35)17-6-9-22(32)23(33)12-17/h5-12,14,25-26H,13H2,1-4H3,(H,36,39)(H,37,40)/t25-,26+/m0/s1. The molecule has 0 heterocycles. The molecule has 11 heteroatoms. The number of hydrogen-bond acceptors (Lipinski definition) is 4. The summed E-state index contributed by atoms with van der Waals surface area (Å²) in [5.74, 6) is -1.87. The number of anilines is 2. The number of ether oxygens (including phenoxy) is 1. The Morgan fingerprint density at radius 1 is 0.854 bits per heavy atom. The lowest BCUT2D eigenvalue weighted by atomic mass is 9.98. The lowest BCUT2D eigenvalue weighted by molar-refractivity contribution is -0.117. The monoisotopic (exact) mass is 654 g/mol. The van der Waals surface area contributed by atoms with E-state index in [2.05, 4.69) is 10.6 Å². The second-order valence-electron chi connectivity index (χ2n) is 10.9. The van der Waals surface area contributed by atoms with Crippen molar-refractivity contribution in [1.82, 2.24) is 0 Å². The third-order valence-electron chi connectivity index (χ3n) is 6.51. The zero-order valence-corrected chi connectivity index (χ0v) is 26.4. The van der Waals surface area contributed by atoms with E-state index >= 15 is 0 Å². The SMILES string of the molecule is Cc1cc(NC(=O)OC(C)(C)C)ccc1CC(=O)c1cc(NC(=O)[C@H]2[C@H](c3ccc(Cl)c(Cl)c3)C2(Cl)Cl)ccc1Cl. The van der Waals surface area contributed by atoms with E-state index in [1.54, 1.807) is 69.3 Å². The van der Waals surface area contributed by atoms with E-state index in [0.717, 1.165) is 11.1 Å². The van der Waals surface area contributed by atoms with Crippen LogP contribution < -0.4 is 10.6 Å². The molecule has 3 aromatic carbocycles. The third kappa shape index (κ3) is 7.49. The summed E-state index contributed by atoms with van der Waals surface area (Å²) in [5, 5.41) is 6.45. The molecule has 41 heavy (non-hydrogen) atoms. The highest BCUT2D eigenvalue weighted by Crippen LogP contribution is 2.65. The van der Waals surface area contributed by atoms with Crippen LogP contribution in [0.2, 0.25) is 15.1 Å². The van der Waals surface area contributed by atoms with Crippen LogP contribution in [0, 0.1) is 12.8 Å². The van der Waals surface area contributed by atoms with Gasteiger partial charge in [-0.3, -0.25) is 14.9 Å². The average molecular weight is 657 g/mol. The van der Waals surface area contributed by atoms with Gasteiger partial charge >= 0.3 is 6.09 Å². The maximum atomic E-state index is 13.2. The number of benzene rings is 3. The predicted molar refractivity (Wildman–Crippen MR) is 166 cm³/mol. The first-order valence-corrected chi connectivity index (χ1v) is 14.5. The first-order chi connectivity index (χ1) is 19.1. The number of alkyl halides is 2. The first kappa shape index (κ1) is 31.5. The maximum absolute atomic E-state index is 13.2. The van der Waals surface area contributed by atoms with Gasteiger partial charge in [-0.1, -0.05) is 46.9 Å². The molecular formula is C30H27Cl5N2O4. The Hall–Kier alpha value is -2.48. The number of nitrogens with one attached hydrogen (secondary N) is 2. The van der Waals surface area contributed by atoms with Gasteiger partial charge in [0.1, 0.15) is 9.93 Å². The Balaban J connectivity index is 1.44. The number of rotatable bonds is 7. The molecule has 0 unspecified atom stereocenters. The molecule has 1 aliphatic carbocycles. The third-order valence-corrected chi connectivity index (χ3v) is 8.52. The summed E-state index contributed by atoms with van der Waals surface area (Å²) < 4.78 is 3.95. The van der Waals surface area contributed by atoms with E-state index in [0.29, 0.717) is 27.0 Å². The van der Waals surface area contributed by atoms with Crippen LogP contribution in [0.4, 0.5) is 16.2 Å². The lowest BCUT2D eigenvalue weighted by Crippen LogP contribution is -2.27. The minimum Gasteiger partial charge on any atom is -0.444 e. The summed E-state index contributed by atoms with van der Waals surface area (Å²) >= 11 is 31.4. The molecule has 0 aliphatic heterocycles. The fourth-order valence-electron chi connectivity index (χ4n) is 4.47. The van der Waals surface area contributed by atoms with Crippen molar-refractivity contribution in [2.24, 2.45) is 5.92 Å². The predicted octanol–water partition coefficient (Wildman–Crippen LogP) is 9.25. The van der Waals surface area contributed by atoms with Crippen LogP contribution in [-0.4, -0.2) is 27.7 Å². The fraction of sp³-hybridized carbons (Fsp3) is 0.300. The van der Waals surface area contributed by atoms with E-state index in [-0.39, 0.29) is 22.8 Å². The molecule has 0 aromatic heterocycles. The van der Waals surface area contributed by atoms with Gasteiger partial charge in [0.25, 0.3) is 0 Å². The normalized spacial score (nSPS) is 17.5. The summed E-state index contributed by atoms with van der Waals surface area (Å²) in [4.78, 5) is 38.4. The van der Waals surface area contributed by atoms with Crippen LogP contribution in [0.3, 0.4) is 0 Å². The highest BCUT2D eigenvalue weighted by Gasteiger charge is 2.67. The molecule has 0 saturated heterocycles. The molecule has 216 valence electrons. The van der Waals surface area contributed by atoms with Gasteiger partial charge in [-0.05, 0) is 86.8 Å². The molecule has 0 spiro atoms. The Labute approximate surface area is 263 Å². The molecule has 2 N–H and O–H groups in total. The zero-order valence-electron chi connectivity index (χ0n) is 22.6. The van der Waals surface area contributed by atoms with Crippen LogP contribution in [0.25, 0.3) is 0 Å². The Morgan fingerprint density at radius 3 is 2.12 bits per heavy atom. The van der Waals surface area contributed by atoms with Crippen LogP contribution in [0.5, 0.6) is 0 Å². The van der Waals surface area contributed by atoms with E-state index in [4.69, 9.17) is 62.7 Å². The number of carbonyl (C=O) groups excluding carboxylic acids is 3. The van der Waals surface area contributed by atoms with Gasteiger partial charge in [-0.2, -0.15) is 0 Å². The zero-order chi connectivity index (χ0) is 30.3. The number of hydrogen-bond donors (Lipinski definition) is 2. The van der Waals surface area contributed by atoms with Gasteiger partial charge in [-0.15, -0.1) is 23.2 Å². The molecule has 2 amide bonds. The number of aryl methyl sites for hydroxylation is 1. The van der Waals surface area contributed by atoms with Gasteiger partial charge in [0.05, 0.1) is 21.0 Å². The maximum Gasteiger partial charge on any atom is 0.412 e. The van der Waals surface area contributed by atoms with Crippen molar-refractivity contribution < 1.29 is 19.1 Å². The molecule has 1 saturated carbocycles. The Morgan fingerprint density at radius 2 is 1.49 bits per heavy atom. The van der Waals surface area contributed by atoms with Gasteiger partial charge in [-0.25, -0.2) is 4.79 Å². The van der Waals surface area contributed by atoms with Crippen LogP contribution in [0.1, 0.15) is 53.7 Å². The van der Waals surface area contributed by atoms with Gasteiger partial charge < -0.3 is 10.1 Å². The van der Waals surface area contributed by atoms with Crippen molar-refractivity contribution in [1.29, 1.82) is 0 Å².